The van der Waals surface area contributed by atoms with Crippen LogP contribution in [0.5, 0.6) is 0 Å². The van der Waals surface area contributed by atoms with E-state index in [2.05, 4.69) is 11.5 Å². The Balaban J connectivity index is 2.71. The van der Waals surface area contributed by atoms with Crippen molar-refractivity contribution >= 4 is 10.2 Å². The van der Waals surface area contributed by atoms with Crippen molar-refractivity contribution in [3.8, 4) is 0 Å². The summed E-state index contributed by atoms with van der Waals surface area (Å²) in [5.74, 6) is 0. The number of nitrogens with zero attached hydrogens (tertiary/aromatic N) is 1. The average molecular weight is 161 g/mol. The first-order valence-electron chi connectivity index (χ1n) is 3.65. The SMILES string of the molecule is CCC1(S(C)(C)N=O)CC1. The van der Waals surface area contributed by atoms with Crippen LogP contribution in [-0.4, -0.2) is 17.3 Å². The molecule has 0 aromatic heterocycles. The zero-order valence-corrected chi connectivity index (χ0v) is 7.70. The van der Waals surface area contributed by atoms with Crippen LogP contribution in [0.4, 0.5) is 0 Å². The quantitative estimate of drug-likeness (QED) is 0.585. The normalized spacial score (nSPS) is 23.9. The fourth-order valence-corrected chi connectivity index (χ4v) is 3.39. The highest BCUT2D eigenvalue weighted by molar-refractivity contribution is 8.32. The van der Waals surface area contributed by atoms with Gasteiger partial charge in [-0.05, 0) is 36.4 Å². The lowest BCUT2D eigenvalue weighted by Gasteiger charge is -2.31. The van der Waals surface area contributed by atoms with Gasteiger partial charge in [0.1, 0.15) is 0 Å². The van der Waals surface area contributed by atoms with Crippen molar-refractivity contribution in [1.82, 2.24) is 0 Å². The molecule has 10 heavy (non-hydrogen) atoms. The van der Waals surface area contributed by atoms with Gasteiger partial charge in [-0.15, -0.1) is 15.1 Å². The summed E-state index contributed by atoms with van der Waals surface area (Å²) in [6.07, 6.45) is 7.61. The van der Waals surface area contributed by atoms with Crippen LogP contribution in [0.25, 0.3) is 0 Å². The second-order valence-corrected chi connectivity index (χ2v) is 6.94. The molecule has 1 aliphatic rings. The summed E-state index contributed by atoms with van der Waals surface area (Å²) in [6.45, 7) is 2.16. The van der Waals surface area contributed by atoms with Gasteiger partial charge in [0.2, 0.25) is 0 Å². The molecule has 0 unspecified atom stereocenters. The zero-order chi connectivity index (χ0) is 7.83. The lowest BCUT2D eigenvalue weighted by atomic mass is 10.3. The summed E-state index contributed by atoms with van der Waals surface area (Å²) >= 11 is 0. The summed E-state index contributed by atoms with van der Waals surface area (Å²) in [6, 6.07) is 0. The molecule has 0 bridgehead atoms. The second-order valence-electron chi connectivity index (χ2n) is 3.38. The molecule has 1 aliphatic carbocycles. The van der Waals surface area contributed by atoms with Gasteiger partial charge in [-0.1, -0.05) is 6.92 Å². The van der Waals surface area contributed by atoms with Crippen molar-refractivity contribution in [2.75, 3.05) is 12.5 Å². The van der Waals surface area contributed by atoms with Crippen LogP contribution >= 0.6 is 10.2 Å². The van der Waals surface area contributed by atoms with E-state index in [1.807, 2.05) is 12.5 Å². The van der Waals surface area contributed by atoms with E-state index >= 15 is 0 Å². The molecule has 1 fully saturated rings. The van der Waals surface area contributed by atoms with Crippen LogP contribution in [0.3, 0.4) is 0 Å². The molecule has 1 saturated carbocycles. The second kappa shape index (κ2) is 2.22. The van der Waals surface area contributed by atoms with Crippen molar-refractivity contribution in [3.05, 3.63) is 4.91 Å². The molecule has 0 atom stereocenters. The third-order valence-electron chi connectivity index (χ3n) is 2.70. The first-order valence-corrected chi connectivity index (χ1v) is 6.06. The highest BCUT2D eigenvalue weighted by Gasteiger charge is 2.51. The first kappa shape index (κ1) is 8.05. The van der Waals surface area contributed by atoms with Crippen LogP contribution in [0.1, 0.15) is 26.2 Å². The molecule has 0 spiro atoms. The fourth-order valence-electron chi connectivity index (χ4n) is 1.42. The van der Waals surface area contributed by atoms with Crippen molar-refractivity contribution in [1.29, 1.82) is 0 Å². The molecule has 3 heteroatoms. The predicted octanol–water partition coefficient (Wildman–Crippen LogP) is 2.67. The van der Waals surface area contributed by atoms with Gasteiger partial charge in [0, 0.05) is 4.75 Å². The van der Waals surface area contributed by atoms with E-state index in [9.17, 15) is 4.91 Å². The summed E-state index contributed by atoms with van der Waals surface area (Å²) in [5.41, 5.74) is 0. The molecular formula is C7H15NOS. The Morgan fingerprint density at radius 3 is 2.10 bits per heavy atom. The van der Waals surface area contributed by atoms with E-state index < -0.39 is 10.2 Å². The van der Waals surface area contributed by atoms with E-state index in [4.69, 9.17) is 0 Å². The predicted molar refractivity (Wildman–Crippen MR) is 47.5 cm³/mol. The maximum Gasteiger partial charge on any atom is 0.0205 e. The van der Waals surface area contributed by atoms with Crippen LogP contribution in [0.15, 0.2) is 4.58 Å². The van der Waals surface area contributed by atoms with E-state index in [-0.39, 0.29) is 0 Å². The maximum atomic E-state index is 10.5. The molecule has 0 saturated heterocycles. The standard InChI is InChI=1S/C7H15NOS/c1-4-7(5-6-7)10(2,3)8-9/h4-6H2,1-3H3. The Kier molecular flexibility index (Phi) is 1.79. The van der Waals surface area contributed by atoms with Gasteiger partial charge in [0.15, 0.2) is 0 Å². The molecule has 1 rings (SSSR count). The van der Waals surface area contributed by atoms with Gasteiger partial charge >= 0.3 is 0 Å². The topological polar surface area (TPSA) is 29.4 Å². The number of rotatable bonds is 3. The number of hydrogen-bond acceptors (Lipinski definition) is 2. The van der Waals surface area contributed by atoms with E-state index in [1.54, 1.807) is 0 Å². The van der Waals surface area contributed by atoms with Gasteiger partial charge < -0.3 is 0 Å². The maximum absolute atomic E-state index is 10.5. The molecular weight excluding hydrogens is 146 g/mol. The van der Waals surface area contributed by atoms with E-state index in [0.717, 1.165) is 6.42 Å². The monoisotopic (exact) mass is 161 g/mol. The lowest BCUT2D eigenvalue weighted by Crippen LogP contribution is -2.14. The van der Waals surface area contributed by atoms with Crippen molar-refractivity contribution in [2.24, 2.45) is 4.58 Å². The Hall–Kier alpha value is -0.0500. The minimum atomic E-state index is -1.17. The minimum absolute atomic E-state index is 0.342. The Morgan fingerprint density at radius 1 is 1.50 bits per heavy atom. The fraction of sp³-hybridized carbons (Fsp3) is 1.00. The van der Waals surface area contributed by atoms with Crippen LogP contribution in [0, 0.1) is 4.91 Å². The van der Waals surface area contributed by atoms with Gasteiger partial charge in [-0.25, -0.2) is 0 Å². The average Bonchev–Trinajstić information content (AvgIpc) is 2.67. The molecule has 0 N–H and O–H groups in total. The molecule has 0 heterocycles. The van der Waals surface area contributed by atoms with Gasteiger partial charge in [0.25, 0.3) is 0 Å². The van der Waals surface area contributed by atoms with Crippen LogP contribution < -0.4 is 0 Å². The molecule has 0 aromatic carbocycles. The smallest absolute Gasteiger partial charge is 0.0205 e. The molecule has 0 amide bonds. The van der Waals surface area contributed by atoms with E-state index in [0.29, 0.717) is 4.75 Å². The molecule has 0 aliphatic heterocycles. The first-order chi connectivity index (χ1) is 4.58. The van der Waals surface area contributed by atoms with Gasteiger partial charge in [-0.3, -0.25) is 0 Å². The van der Waals surface area contributed by atoms with Crippen LogP contribution in [-0.2, 0) is 0 Å². The summed E-state index contributed by atoms with van der Waals surface area (Å²) in [4.78, 5) is 10.5. The molecule has 60 valence electrons. The van der Waals surface area contributed by atoms with Gasteiger partial charge in [-0.2, -0.15) is 0 Å². The summed E-state index contributed by atoms with van der Waals surface area (Å²) in [7, 11) is -1.17. The third-order valence-corrected chi connectivity index (χ3v) is 5.89. The Labute approximate surface area is 63.8 Å². The zero-order valence-electron chi connectivity index (χ0n) is 6.89. The minimum Gasteiger partial charge on any atom is -0.139 e. The third kappa shape index (κ3) is 0.965. The Bertz CT molecular complexity index is 152. The highest BCUT2D eigenvalue weighted by atomic mass is 32.3. The molecule has 0 aromatic rings. The number of nitroso groups, excluding NO2 is 1. The van der Waals surface area contributed by atoms with E-state index in [1.165, 1.54) is 12.8 Å². The molecule has 0 radical (unpaired) electrons. The number of hydrogen-bond donors (Lipinski definition) is 0. The largest absolute Gasteiger partial charge is 0.139 e. The summed E-state index contributed by atoms with van der Waals surface area (Å²) < 4.78 is 3.60. The van der Waals surface area contributed by atoms with Crippen molar-refractivity contribution in [2.45, 2.75) is 30.9 Å². The van der Waals surface area contributed by atoms with Crippen LogP contribution in [0.2, 0.25) is 0 Å². The van der Waals surface area contributed by atoms with Crippen molar-refractivity contribution in [3.63, 3.8) is 0 Å². The molecule has 2 nitrogen and oxygen atoms in total. The summed E-state index contributed by atoms with van der Waals surface area (Å²) in [5, 5.41) is 0. The Morgan fingerprint density at radius 2 is 2.00 bits per heavy atom. The highest BCUT2D eigenvalue weighted by Crippen LogP contribution is 2.68. The van der Waals surface area contributed by atoms with Crippen molar-refractivity contribution < 1.29 is 0 Å². The van der Waals surface area contributed by atoms with Gasteiger partial charge in [0.05, 0.1) is 0 Å². The lowest BCUT2D eigenvalue weighted by molar-refractivity contribution is 0.840.